The zero-order chi connectivity index (χ0) is 19.4. The Morgan fingerprint density at radius 1 is 1.31 bits per heavy atom. The highest BCUT2D eigenvalue weighted by Gasteiger charge is 2.06. The molecule has 0 aliphatic rings. The van der Waals surface area contributed by atoms with Gasteiger partial charge in [-0.3, -0.25) is 4.79 Å². The average Bonchev–Trinajstić information content (AvgIpc) is 2.63. The Bertz CT molecular complexity index is 597. The second-order valence-electron chi connectivity index (χ2n) is 5.86. The van der Waals surface area contributed by atoms with E-state index in [9.17, 15) is 4.79 Å². The second-order valence-corrected chi connectivity index (χ2v) is 7.76. The number of nitrogens with one attached hydrogen (secondary N) is 2. The summed E-state index contributed by atoms with van der Waals surface area (Å²) in [5.41, 5.74) is 1.18. The lowest BCUT2D eigenvalue weighted by molar-refractivity contribution is -0.127. The summed E-state index contributed by atoms with van der Waals surface area (Å²) >= 11 is 5.22. The van der Waals surface area contributed by atoms with Crippen LogP contribution in [0.1, 0.15) is 12.0 Å². The molecule has 8 heteroatoms. The number of halogens is 1. The monoisotopic (exact) mass is 444 g/mol. The van der Waals surface area contributed by atoms with Crippen molar-refractivity contribution in [1.29, 1.82) is 0 Å². The number of thioether (sulfide) groups is 1. The summed E-state index contributed by atoms with van der Waals surface area (Å²) in [5, 5.41) is 6.56. The molecule has 6 nitrogen and oxygen atoms in total. The van der Waals surface area contributed by atoms with Crippen LogP contribution in [0.25, 0.3) is 0 Å². The van der Waals surface area contributed by atoms with Crippen LogP contribution < -0.4 is 15.4 Å². The maximum absolute atomic E-state index is 11.7. The summed E-state index contributed by atoms with van der Waals surface area (Å²) in [6.45, 7) is 1.71. The zero-order valence-corrected chi connectivity index (χ0v) is 18.4. The Balaban J connectivity index is 2.52. The fourth-order valence-corrected chi connectivity index (χ4v) is 2.79. The van der Waals surface area contributed by atoms with Gasteiger partial charge in [-0.2, -0.15) is 11.8 Å². The molecule has 0 unspecified atom stereocenters. The molecule has 1 amide bonds. The van der Waals surface area contributed by atoms with E-state index in [4.69, 9.17) is 4.74 Å². The molecule has 2 N–H and O–H groups in total. The van der Waals surface area contributed by atoms with Crippen molar-refractivity contribution in [1.82, 2.24) is 15.5 Å². The number of aryl methyl sites for hydroxylation is 1. The Morgan fingerprint density at radius 3 is 2.69 bits per heavy atom. The van der Waals surface area contributed by atoms with E-state index in [-0.39, 0.29) is 12.5 Å². The number of likely N-dealkylation sites (N-methyl/N-ethyl adjacent to an activating group) is 1. The van der Waals surface area contributed by atoms with E-state index < -0.39 is 0 Å². The average molecular weight is 445 g/mol. The number of nitrogens with zero attached hydrogens (tertiary/aromatic N) is 2. The first kappa shape index (κ1) is 22.6. The fourth-order valence-electron chi connectivity index (χ4n) is 2.14. The van der Waals surface area contributed by atoms with E-state index in [1.165, 1.54) is 5.56 Å². The minimum Gasteiger partial charge on any atom is -0.496 e. The SMILES string of the molecule is COc1cc(Br)ccc1CCCNC(=NCC(=O)N(C)C)NCCSC. The number of hydrogen-bond acceptors (Lipinski definition) is 4. The van der Waals surface area contributed by atoms with Gasteiger partial charge in [0.15, 0.2) is 5.96 Å². The molecule has 0 saturated carbocycles. The van der Waals surface area contributed by atoms with Gasteiger partial charge in [0.2, 0.25) is 5.91 Å². The van der Waals surface area contributed by atoms with E-state index >= 15 is 0 Å². The minimum atomic E-state index is -0.0180. The number of guanidine groups is 1. The molecule has 1 aromatic carbocycles. The molecule has 0 spiro atoms. The van der Waals surface area contributed by atoms with E-state index in [0.717, 1.165) is 41.9 Å². The first-order valence-electron chi connectivity index (χ1n) is 8.51. The van der Waals surface area contributed by atoms with Gasteiger partial charge in [0.1, 0.15) is 12.3 Å². The smallest absolute Gasteiger partial charge is 0.243 e. The predicted octanol–water partition coefficient (Wildman–Crippen LogP) is 2.38. The lowest BCUT2D eigenvalue weighted by atomic mass is 10.1. The van der Waals surface area contributed by atoms with Gasteiger partial charge in [-0.25, -0.2) is 4.99 Å². The molecule has 0 heterocycles. The van der Waals surface area contributed by atoms with Crippen molar-refractivity contribution >= 4 is 39.6 Å². The summed E-state index contributed by atoms with van der Waals surface area (Å²) in [4.78, 5) is 17.6. The van der Waals surface area contributed by atoms with E-state index in [1.807, 2.05) is 12.1 Å². The van der Waals surface area contributed by atoms with Gasteiger partial charge < -0.3 is 20.3 Å². The maximum Gasteiger partial charge on any atom is 0.243 e. The molecule has 0 atom stereocenters. The first-order valence-corrected chi connectivity index (χ1v) is 10.7. The molecule has 1 rings (SSSR count). The summed E-state index contributed by atoms with van der Waals surface area (Å²) < 4.78 is 6.43. The number of amides is 1. The van der Waals surface area contributed by atoms with Crippen molar-refractivity contribution in [3.63, 3.8) is 0 Å². The molecular formula is C18H29BrN4O2S. The lowest BCUT2D eigenvalue weighted by Gasteiger charge is -2.14. The van der Waals surface area contributed by atoms with Crippen molar-refractivity contribution < 1.29 is 9.53 Å². The normalized spacial score (nSPS) is 11.2. The van der Waals surface area contributed by atoms with Crippen LogP contribution in [0.4, 0.5) is 0 Å². The summed E-state index contributed by atoms with van der Waals surface area (Å²) in [7, 11) is 5.15. The van der Waals surface area contributed by atoms with E-state index in [1.54, 1.807) is 37.9 Å². The van der Waals surface area contributed by atoms with E-state index in [2.05, 4.69) is 43.9 Å². The van der Waals surface area contributed by atoms with Crippen LogP contribution in [0.3, 0.4) is 0 Å². The molecule has 0 aliphatic carbocycles. The summed E-state index contributed by atoms with van der Waals surface area (Å²) in [6, 6.07) is 6.08. The largest absolute Gasteiger partial charge is 0.496 e. The number of benzene rings is 1. The highest BCUT2D eigenvalue weighted by Crippen LogP contribution is 2.24. The second kappa shape index (κ2) is 12.9. The molecule has 0 radical (unpaired) electrons. The molecule has 0 fully saturated rings. The number of aliphatic imine (C=N–C) groups is 1. The van der Waals surface area contributed by atoms with Gasteiger partial charge in [-0.05, 0) is 36.8 Å². The summed E-state index contributed by atoms with van der Waals surface area (Å²) in [6.07, 6.45) is 3.90. The third-order valence-electron chi connectivity index (χ3n) is 3.63. The van der Waals surface area contributed by atoms with Crippen LogP contribution in [0.2, 0.25) is 0 Å². The Labute approximate surface area is 169 Å². The van der Waals surface area contributed by atoms with Crippen molar-refractivity contribution in [3.05, 3.63) is 28.2 Å². The van der Waals surface area contributed by atoms with Crippen LogP contribution in [-0.4, -0.2) is 69.6 Å². The van der Waals surface area contributed by atoms with Gasteiger partial charge in [0.25, 0.3) is 0 Å². The van der Waals surface area contributed by atoms with Crippen LogP contribution in [0.5, 0.6) is 5.75 Å². The fraction of sp³-hybridized carbons (Fsp3) is 0.556. The third-order valence-corrected chi connectivity index (χ3v) is 4.74. The third kappa shape index (κ3) is 8.80. The topological polar surface area (TPSA) is 66.0 Å². The van der Waals surface area contributed by atoms with Gasteiger partial charge in [-0.1, -0.05) is 22.0 Å². The molecule has 1 aromatic rings. The molecule has 146 valence electrons. The van der Waals surface area contributed by atoms with Crippen LogP contribution in [0, 0.1) is 0 Å². The minimum absolute atomic E-state index is 0.0180. The molecule has 0 aliphatic heterocycles. The van der Waals surface area contributed by atoms with Crippen LogP contribution in [-0.2, 0) is 11.2 Å². The number of hydrogen-bond donors (Lipinski definition) is 2. The van der Waals surface area contributed by atoms with Gasteiger partial charge >= 0.3 is 0 Å². The van der Waals surface area contributed by atoms with Crippen molar-refractivity contribution in [2.75, 3.05) is 52.8 Å². The predicted molar refractivity (Wildman–Crippen MR) is 114 cm³/mol. The Hall–Kier alpha value is -1.41. The molecule has 0 aromatic heterocycles. The highest BCUT2D eigenvalue weighted by molar-refractivity contribution is 9.10. The Morgan fingerprint density at radius 2 is 2.04 bits per heavy atom. The van der Waals surface area contributed by atoms with Gasteiger partial charge in [-0.15, -0.1) is 0 Å². The first-order chi connectivity index (χ1) is 12.5. The maximum atomic E-state index is 11.7. The van der Waals surface area contributed by atoms with Crippen molar-refractivity contribution in [3.8, 4) is 5.75 Å². The molecule has 0 saturated heterocycles. The molecular weight excluding hydrogens is 416 g/mol. The highest BCUT2D eigenvalue weighted by atomic mass is 79.9. The van der Waals surface area contributed by atoms with Crippen molar-refractivity contribution in [2.24, 2.45) is 4.99 Å². The Kier molecular flexibility index (Phi) is 11.2. The van der Waals surface area contributed by atoms with Gasteiger partial charge in [0, 0.05) is 37.4 Å². The zero-order valence-electron chi connectivity index (χ0n) is 16.0. The number of rotatable bonds is 10. The van der Waals surface area contributed by atoms with Crippen molar-refractivity contribution in [2.45, 2.75) is 12.8 Å². The molecule has 0 bridgehead atoms. The standard InChI is InChI=1S/C18H29BrN4O2S/c1-23(2)17(24)13-22-18(21-10-11-26-4)20-9-5-6-14-7-8-15(19)12-16(14)25-3/h7-8,12H,5-6,9-11,13H2,1-4H3,(H2,20,21,22). The lowest BCUT2D eigenvalue weighted by Crippen LogP contribution is -2.40. The van der Waals surface area contributed by atoms with Crippen LogP contribution >= 0.6 is 27.7 Å². The van der Waals surface area contributed by atoms with Crippen LogP contribution in [0.15, 0.2) is 27.7 Å². The summed E-state index contributed by atoms with van der Waals surface area (Å²) in [5.74, 6) is 2.54. The molecule has 26 heavy (non-hydrogen) atoms. The number of methoxy groups -OCH3 is 1. The quantitative estimate of drug-likeness (QED) is 0.329. The number of carbonyl (C=O) groups is 1. The number of ether oxygens (including phenoxy) is 1. The van der Waals surface area contributed by atoms with E-state index in [0.29, 0.717) is 5.96 Å². The van der Waals surface area contributed by atoms with Gasteiger partial charge in [0.05, 0.1) is 7.11 Å². The number of carbonyl (C=O) groups excluding carboxylic acids is 1.